The Kier molecular flexibility index (Phi) is 7.99. The molecule has 1 atom stereocenters. The van der Waals surface area contributed by atoms with Gasteiger partial charge < -0.3 is 21.3 Å². The monoisotopic (exact) mass is 306 g/mol. The molecule has 0 heterocycles. The molecule has 0 aromatic heterocycles. The van der Waals surface area contributed by atoms with E-state index in [2.05, 4.69) is 10.6 Å². The Morgan fingerprint density at radius 1 is 1.18 bits per heavy atom. The summed E-state index contributed by atoms with van der Waals surface area (Å²) in [5.41, 5.74) is 6.66. The second kappa shape index (κ2) is 9.78. The number of carbonyl (C=O) groups is 2. The van der Waals surface area contributed by atoms with Crippen molar-refractivity contribution in [3.05, 3.63) is 35.9 Å². The van der Waals surface area contributed by atoms with E-state index in [1.165, 1.54) is 0 Å². The van der Waals surface area contributed by atoms with Crippen molar-refractivity contribution >= 4 is 11.9 Å². The first-order valence-electron chi connectivity index (χ1n) is 7.54. The van der Waals surface area contributed by atoms with E-state index in [-0.39, 0.29) is 24.4 Å². The van der Waals surface area contributed by atoms with Gasteiger partial charge in [0.05, 0.1) is 0 Å². The van der Waals surface area contributed by atoms with Gasteiger partial charge in [0.1, 0.15) is 0 Å². The van der Waals surface area contributed by atoms with Crippen LogP contribution in [0, 0.1) is 0 Å². The van der Waals surface area contributed by atoms with Crippen molar-refractivity contribution in [3.63, 3.8) is 0 Å². The summed E-state index contributed by atoms with van der Waals surface area (Å²) >= 11 is 0. The van der Waals surface area contributed by atoms with Gasteiger partial charge in [-0.15, -0.1) is 0 Å². The number of hydrogen-bond donors (Lipinski definition) is 3. The fourth-order valence-electron chi connectivity index (χ4n) is 1.87. The van der Waals surface area contributed by atoms with Crippen molar-refractivity contribution in [1.29, 1.82) is 0 Å². The van der Waals surface area contributed by atoms with E-state index in [1.807, 2.05) is 37.3 Å². The first-order chi connectivity index (χ1) is 10.5. The van der Waals surface area contributed by atoms with Crippen LogP contribution in [0.5, 0.6) is 0 Å². The van der Waals surface area contributed by atoms with E-state index >= 15 is 0 Å². The van der Waals surface area contributed by atoms with Crippen LogP contribution in [0.1, 0.15) is 25.3 Å². The fourth-order valence-corrected chi connectivity index (χ4v) is 1.87. The summed E-state index contributed by atoms with van der Waals surface area (Å²) in [6, 6.07) is 9.64. The third kappa shape index (κ3) is 7.64. The number of urea groups is 1. The lowest BCUT2D eigenvalue weighted by molar-refractivity contribution is -0.120. The average Bonchev–Trinajstić information content (AvgIpc) is 2.47. The Morgan fingerprint density at radius 3 is 2.50 bits per heavy atom. The Balaban J connectivity index is 2.18. The Bertz CT molecular complexity index is 462. The third-order valence-corrected chi connectivity index (χ3v) is 3.16. The maximum Gasteiger partial charge on any atom is 0.317 e. The SMILES string of the molecule is CC(N)CCNC(=O)CCNC(=O)N(C)Cc1ccccc1. The molecule has 0 fully saturated rings. The van der Waals surface area contributed by atoms with Crippen LogP contribution in [-0.2, 0) is 11.3 Å². The lowest BCUT2D eigenvalue weighted by Crippen LogP contribution is -2.39. The van der Waals surface area contributed by atoms with Crippen LogP contribution in [0.15, 0.2) is 30.3 Å². The summed E-state index contributed by atoms with van der Waals surface area (Å²) < 4.78 is 0. The lowest BCUT2D eigenvalue weighted by atomic mass is 10.2. The predicted molar refractivity (Wildman–Crippen MR) is 87.2 cm³/mol. The Hall–Kier alpha value is -2.08. The Morgan fingerprint density at radius 2 is 1.86 bits per heavy atom. The molecule has 1 aromatic rings. The van der Waals surface area contributed by atoms with E-state index in [4.69, 9.17) is 5.73 Å². The maximum atomic E-state index is 11.9. The molecule has 122 valence electrons. The number of benzene rings is 1. The van der Waals surface area contributed by atoms with Crippen molar-refractivity contribution in [1.82, 2.24) is 15.5 Å². The average molecular weight is 306 g/mol. The van der Waals surface area contributed by atoms with Gasteiger partial charge >= 0.3 is 6.03 Å². The van der Waals surface area contributed by atoms with Crippen molar-refractivity contribution in [2.75, 3.05) is 20.1 Å². The van der Waals surface area contributed by atoms with E-state index < -0.39 is 0 Å². The smallest absolute Gasteiger partial charge is 0.317 e. The summed E-state index contributed by atoms with van der Waals surface area (Å²) in [7, 11) is 1.73. The number of nitrogens with one attached hydrogen (secondary N) is 2. The van der Waals surface area contributed by atoms with Crippen molar-refractivity contribution < 1.29 is 9.59 Å². The lowest BCUT2D eigenvalue weighted by Gasteiger charge is -2.18. The molecule has 0 bridgehead atoms. The van der Waals surface area contributed by atoms with Crippen molar-refractivity contribution in [2.24, 2.45) is 5.73 Å². The molecular weight excluding hydrogens is 280 g/mol. The molecule has 1 rings (SSSR count). The molecule has 4 N–H and O–H groups in total. The molecule has 6 nitrogen and oxygen atoms in total. The summed E-state index contributed by atoms with van der Waals surface area (Å²) in [5, 5.41) is 5.51. The standard InChI is InChI=1S/C16H26N4O2/c1-13(17)8-10-18-15(21)9-11-19-16(22)20(2)12-14-6-4-3-5-7-14/h3-7,13H,8-12,17H2,1-2H3,(H,18,21)(H,19,22). The maximum absolute atomic E-state index is 11.9. The normalized spacial score (nSPS) is 11.6. The van der Waals surface area contributed by atoms with Gasteiger partial charge in [0.25, 0.3) is 0 Å². The van der Waals surface area contributed by atoms with Crippen LogP contribution >= 0.6 is 0 Å². The number of nitrogens with zero attached hydrogens (tertiary/aromatic N) is 1. The number of amides is 3. The van der Waals surface area contributed by atoms with Gasteiger partial charge in [-0.1, -0.05) is 30.3 Å². The highest BCUT2D eigenvalue weighted by Crippen LogP contribution is 2.02. The highest BCUT2D eigenvalue weighted by atomic mass is 16.2. The first-order valence-corrected chi connectivity index (χ1v) is 7.54. The van der Waals surface area contributed by atoms with E-state index in [0.717, 1.165) is 12.0 Å². The third-order valence-electron chi connectivity index (χ3n) is 3.16. The molecular formula is C16H26N4O2. The van der Waals surface area contributed by atoms with Crippen molar-refractivity contribution in [3.8, 4) is 0 Å². The van der Waals surface area contributed by atoms with Gasteiger partial charge in [-0.3, -0.25) is 4.79 Å². The number of nitrogens with two attached hydrogens (primary N) is 1. The zero-order valence-corrected chi connectivity index (χ0v) is 13.3. The molecule has 0 saturated carbocycles. The van der Waals surface area contributed by atoms with Gasteiger partial charge in [0.15, 0.2) is 0 Å². The summed E-state index contributed by atoms with van der Waals surface area (Å²) in [4.78, 5) is 25.0. The van der Waals surface area contributed by atoms with E-state index in [9.17, 15) is 9.59 Å². The zero-order valence-electron chi connectivity index (χ0n) is 13.3. The molecule has 3 amide bonds. The molecule has 0 aliphatic carbocycles. The van der Waals surface area contributed by atoms with Gasteiger partial charge in [-0.05, 0) is 18.9 Å². The number of hydrogen-bond acceptors (Lipinski definition) is 3. The molecule has 6 heteroatoms. The highest BCUT2D eigenvalue weighted by molar-refractivity contribution is 5.78. The minimum absolute atomic E-state index is 0.0756. The minimum Gasteiger partial charge on any atom is -0.356 e. The summed E-state index contributed by atoms with van der Waals surface area (Å²) in [6.45, 7) is 3.32. The molecule has 1 unspecified atom stereocenters. The largest absolute Gasteiger partial charge is 0.356 e. The predicted octanol–water partition coefficient (Wildman–Crippen LogP) is 1.07. The van der Waals surface area contributed by atoms with Gasteiger partial charge in [-0.25, -0.2) is 4.79 Å². The van der Waals surface area contributed by atoms with Crippen LogP contribution in [0.25, 0.3) is 0 Å². The van der Waals surface area contributed by atoms with Crippen LogP contribution in [0.2, 0.25) is 0 Å². The van der Waals surface area contributed by atoms with Crippen LogP contribution in [0.3, 0.4) is 0 Å². The number of rotatable bonds is 8. The Labute approximate surface area is 132 Å². The fraction of sp³-hybridized carbons (Fsp3) is 0.500. The van der Waals surface area contributed by atoms with E-state index in [1.54, 1.807) is 11.9 Å². The second-order valence-electron chi connectivity index (χ2n) is 5.44. The second-order valence-corrected chi connectivity index (χ2v) is 5.44. The number of carbonyl (C=O) groups excluding carboxylic acids is 2. The molecule has 22 heavy (non-hydrogen) atoms. The summed E-state index contributed by atoms with van der Waals surface area (Å²) in [5.74, 6) is -0.0772. The first kappa shape index (κ1) is 18.0. The molecule has 0 spiro atoms. The van der Waals surface area contributed by atoms with Crippen molar-refractivity contribution in [2.45, 2.75) is 32.4 Å². The van der Waals surface area contributed by atoms with E-state index in [0.29, 0.717) is 19.6 Å². The quantitative estimate of drug-likeness (QED) is 0.671. The molecule has 0 saturated heterocycles. The van der Waals surface area contributed by atoms with Gasteiger partial charge in [0.2, 0.25) is 5.91 Å². The van der Waals surface area contributed by atoms with Gasteiger partial charge in [-0.2, -0.15) is 0 Å². The molecule has 0 aliphatic rings. The van der Waals surface area contributed by atoms with Gasteiger partial charge in [0, 0.05) is 39.1 Å². The summed E-state index contributed by atoms with van der Waals surface area (Å²) in [6.07, 6.45) is 1.02. The zero-order chi connectivity index (χ0) is 16.4. The van der Waals surface area contributed by atoms with Crippen LogP contribution in [0.4, 0.5) is 4.79 Å². The molecule has 0 radical (unpaired) electrons. The highest BCUT2D eigenvalue weighted by Gasteiger charge is 2.09. The topological polar surface area (TPSA) is 87.5 Å². The molecule has 1 aromatic carbocycles. The molecule has 0 aliphatic heterocycles. The van der Waals surface area contributed by atoms with Crippen LogP contribution < -0.4 is 16.4 Å². The van der Waals surface area contributed by atoms with Crippen LogP contribution in [-0.4, -0.2) is 43.0 Å². The minimum atomic E-state index is -0.188.